The highest BCUT2D eigenvalue weighted by molar-refractivity contribution is 7.89. The number of aryl methyl sites for hydroxylation is 1. The van der Waals surface area contributed by atoms with Crippen LogP contribution >= 0.6 is 0 Å². The number of primary sulfonamides is 1. The van der Waals surface area contributed by atoms with Crippen molar-refractivity contribution in [3.05, 3.63) is 29.3 Å². The lowest BCUT2D eigenvalue weighted by atomic mass is 10.0. The lowest BCUT2D eigenvalue weighted by molar-refractivity contribution is -0.143. The number of hydrogen-bond donors (Lipinski definition) is 2. The average Bonchev–Trinajstić information content (AvgIpc) is 2.45. The number of aliphatic carboxylic acids is 1. The van der Waals surface area contributed by atoms with Crippen molar-refractivity contribution in [1.82, 2.24) is 4.90 Å². The Balaban J connectivity index is 2.48. The van der Waals surface area contributed by atoms with Crippen LogP contribution in [0.3, 0.4) is 0 Å². The normalized spacial score (nSPS) is 19.0. The molecule has 0 saturated carbocycles. The van der Waals surface area contributed by atoms with Gasteiger partial charge >= 0.3 is 5.97 Å². The van der Waals surface area contributed by atoms with Crippen molar-refractivity contribution in [3.63, 3.8) is 0 Å². The molecule has 2 rings (SSSR count). The summed E-state index contributed by atoms with van der Waals surface area (Å²) in [4.78, 5) is 24.9. The van der Waals surface area contributed by atoms with Crippen LogP contribution in [0.4, 0.5) is 0 Å². The Hall–Kier alpha value is -1.93. The van der Waals surface area contributed by atoms with Crippen LogP contribution in [0.5, 0.6) is 0 Å². The van der Waals surface area contributed by atoms with Gasteiger partial charge in [-0.05, 0) is 38.3 Å². The number of amides is 1. The van der Waals surface area contributed by atoms with Crippen LogP contribution in [0, 0.1) is 6.92 Å². The third kappa shape index (κ3) is 3.28. The van der Waals surface area contributed by atoms with Crippen LogP contribution in [-0.2, 0) is 14.8 Å². The Labute approximate surface area is 128 Å². The van der Waals surface area contributed by atoms with E-state index in [2.05, 4.69) is 0 Å². The number of carbonyl (C=O) groups is 2. The molecule has 0 radical (unpaired) electrons. The molecule has 0 spiro atoms. The van der Waals surface area contributed by atoms with E-state index >= 15 is 0 Å². The smallest absolute Gasteiger partial charge is 0.326 e. The third-order valence-electron chi connectivity index (χ3n) is 3.72. The molecule has 7 nitrogen and oxygen atoms in total. The van der Waals surface area contributed by atoms with Crippen molar-refractivity contribution < 1.29 is 23.1 Å². The number of carboxylic acids is 1. The Morgan fingerprint density at radius 3 is 2.59 bits per heavy atom. The van der Waals surface area contributed by atoms with E-state index in [1.165, 1.54) is 17.0 Å². The van der Waals surface area contributed by atoms with Crippen LogP contribution in [0.15, 0.2) is 23.1 Å². The number of nitrogens with two attached hydrogens (primary N) is 1. The van der Waals surface area contributed by atoms with Gasteiger partial charge in [-0.2, -0.15) is 0 Å². The van der Waals surface area contributed by atoms with E-state index in [1.54, 1.807) is 13.0 Å². The summed E-state index contributed by atoms with van der Waals surface area (Å²) >= 11 is 0. The number of benzene rings is 1. The van der Waals surface area contributed by atoms with E-state index in [4.69, 9.17) is 5.14 Å². The van der Waals surface area contributed by atoms with Crippen molar-refractivity contribution in [2.24, 2.45) is 5.14 Å². The van der Waals surface area contributed by atoms with Crippen molar-refractivity contribution in [2.75, 3.05) is 6.54 Å². The molecule has 1 aromatic carbocycles. The van der Waals surface area contributed by atoms with Crippen LogP contribution in [0.2, 0.25) is 0 Å². The molecule has 1 amide bonds. The largest absolute Gasteiger partial charge is 0.480 e. The maximum atomic E-state index is 12.7. The number of likely N-dealkylation sites (tertiary alicyclic amines) is 1. The standard InChI is InChI=1S/C14H18N2O5S/c1-9-5-6-12(22(15,20)21)10(8-9)13(17)16-7-3-2-4-11(16)14(18)19/h5-6,8,11H,2-4,7H2,1H3,(H,18,19)(H2,15,20,21). The Bertz CT molecular complexity index is 714. The van der Waals surface area contributed by atoms with Gasteiger partial charge in [0.25, 0.3) is 5.91 Å². The fraction of sp³-hybridized carbons (Fsp3) is 0.429. The summed E-state index contributed by atoms with van der Waals surface area (Å²) in [6, 6.07) is 3.31. The van der Waals surface area contributed by atoms with E-state index in [-0.39, 0.29) is 17.0 Å². The first-order valence-electron chi connectivity index (χ1n) is 6.89. The molecule has 1 saturated heterocycles. The Morgan fingerprint density at radius 1 is 1.32 bits per heavy atom. The zero-order valence-corrected chi connectivity index (χ0v) is 13.0. The average molecular weight is 326 g/mol. The van der Waals surface area contributed by atoms with Crippen molar-refractivity contribution in [2.45, 2.75) is 37.1 Å². The maximum Gasteiger partial charge on any atom is 0.326 e. The van der Waals surface area contributed by atoms with E-state index in [9.17, 15) is 23.1 Å². The molecule has 1 aliphatic heterocycles. The summed E-state index contributed by atoms with van der Waals surface area (Å²) in [6.45, 7) is 2.00. The van der Waals surface area contributed by atoms with Gasteiger partial charge in [-0.15, -0.1) is 0 Å². The molecular weight excluding hydrogens is 308 g/mol. The molecule has 1 heterocycles. The molecule has 8 heteroatoms. The topological polar surface area (TPSA) is 118 Å². The van der Waals surface area contributed by atoms with Gasteiger partial charge < -0.3 is 10.0 Å². The molecule has 1 aliphatic rings. The first kappa shape index (κ1) is 16.4. The predicted molar refractivity (Wildman–Crippen MR) is 78.9 cm³/mol. The monoisotopic (exact) mass is 326 g/mol. The van der Waals surface area contributed by atoms with E-state index in [0.717, 1.165) is 6.42 Å². The molecule has 0 bridgehead atoms. The number of rotatable bonds is 3. The van der Waals surface area contributed by atoms with Gasteiger partial charge in [0.15, 0.2) is 0 Å². The highest BCUT2D eigenvalue weighted by atomic mass is 32.2. The fourth-order valence-corrected chi connectivity index (χ4v) is 3.36. The van der Waals surface area contributed by atoms with Gasteiger partial charge in [0.05, 0.1) is 10.5 Å². The van der Waals surface area contributed by atoms with Gasteiger partial charge in [0.1, 0.15) is 6.04 Å². The molecule has 0 aromatic heterocycles. The number of piperidine rings is 1. The fourth-order valence-electron chi connectivity index (χ4n) is 2.65. The van der Waals surface area contributed by atoms with Crippen LogP contribution in [0.25, 0.3) is 0 Å². The molecule has 1 fully saturated rings. The first-order valence-corrected chi connectivity index (χ1v) is 8.43. The second-order valence-electron chi connectivity index (χ2n) is 5.39. The van der Waals surface area contributed by atoms with Gasteiger partial charge in [0, 0.05) is 6.54 Å². The molecule has 120 valence electrons. The third-order valence-corrected chi connectivity index (χ3v) is 4.69. The van der Waals surface area contributed by atoms with E-state index in [1.807, 2.05) is 0 Å². The number of carbonyl (C=O) groups excluding carboxylic acids is 1. The highest BCUT2D eigenvalue weighted by Crippen LogP contribution is 2.24. The molecule has 3 N–H and O–H groups in total. The second-order valence-corrected chi connectivity index (χ2v) is 6.92. The highest BCUT2D eigenvalue weighted by Gasteiger charge is 2.34. The molecule has 1 aromatic rings. The number of nitrogens with zero attached hydrogens (tertiary/aromatic N) is 1. The van der Waals surface area contributed by atoms with E-state index < -0.39 is 27.9 Å². The summed E-state index contributed by atoms with van der Waals surface area (Å²) < 4.78 is 23.3. The molecule has 1 unspecified atom stereocenters. The Morgan fingerprint density at radius 2 is 2.00 bits per heavy atom. The zero-order chi connectivity index (χ0) is 16.5. The predicted octanol–water partition coefficient (Wildman–Crippen LogP) is 0.722. The lowest BCUT2D eigenvalue weighted by Crippen LogP contribution is -2.48. The second kappa shape index (κ2) is 6.05. The number of sulfonamides is 1. The van der Waals surface area contributed by atoms with Gasteiger partial charge in [-0.3, -0.25) is 4.79 Å². The quantitative estimate of drug-likeness (QED) is 0.848. The van der Waals surface area contributed by atoms with E-state index in [0.29, 0.717) is 18.4 Å². The minimum absolute atomic E-state index is 0.0735. The molecular formula is C14H18N2O5S. The van der Waals surface area contributed by atoms with Crippen molar-refractivity contribution in [1.29, 1.82) is 0 Å². The molecule has 0 aliphatic carbocycles. The van der Waals surface area contributed by atoms with Crippen molar-refractivity contribution in [3.8, 4) is 0 Å². The van der Waals surface area contributed by atoms with Gasteiger partial charge in [0.2, 0.25) is 10.0 Å². The summed E-state index contributed by atoms with van der Waals surface area (Å²) in [5.74, 6) is -1.70. The Kier molecular flexibility index (Phi) is 4.52. The van der Waals surface area contributed by atoms with Crippen LogP contribution in [-0.4, -0.2) is 42.9 Å². The molecule has 22 heavy (non-hydrogen) atoms. The summed E-state index contributed by atoms with van der Waals surface area (Å²) in [7, 11) is -4.07. The zero-order valence-electron chi connectivity index (χ0n) is 12.2. The SMILES string of the molecule is Cc1ccc(S(N)(=O)=O)c(C(=O)N2CCCCC2C(=O)O)c1. The van der Waals surface area contributed by atoms with Gasteiger partial charge in [-0.1, -0.05) is 11.6 Å². The lowest BCUT2D eigenvalue weighted by Gasteiger charge is -2.33. The van der Waals surface area contributed by atoms with Crippen molar-refractivity contribution >= 4 is 21.9 Å². The van der Waals surface area contributed by atoms with Crippen LogP contribution < -0.4 is 5.14 Å². The first-order chi connectivity index (χ1) is 10.2. The minimum atomic E-state index is -4.07. The minimum Gasteiger partial charge on any atom is -0.480 e. The maximum absolute atomic E-state index is 12.7. The van der Waals surface area contributed by atoms with Gasteiger partial charge in [-0.25, -0.2) is 18.4 Å². The van der Waals surface area contributed by atoms with Crippen LogP contribution in [0.1, 0.15) is 35.2 Å². The number of carboxylic acid groups (broad SMARTS) is 1. The summed E-state index contributed by atoms with van der Waals surface area (Å²) in [6.07, 6.45) is 1.76. The summed E-state index contributed by atoms with van der Waals surface area (Å²) in [5, 5.41) is 14.4. The number of hydrogen-bond acceptors (Lipinski definition) is 4. The molecule has 1 atom stereocenters. The summed E-state index contributed by atoms with van der Waals surface area (Å²) in [5.41, 5.74) is 0.621.